The van der Waals surface area contributed by atoms with Gasteiger partial charge < -0.3 is 24.6 Å². The smallest absolute Gasteiger partial charge is 0.224 e. The van der Waals surface area contributed by atoms with Crippen LogP contribution >= 0.6 is 0 Å². The maximum Gasteiger partial charge on any atom is 0.224 e. The number of methoxy groups -OCH3 is 2. The molecule has 28 heavy (non-hydrogen) atoms. The van der Waals surface area contributed by atoms with Crippen molar-refractivity contribution in [2.75, 3.05) is 51.6 Å². The van der Waals surface area contributed by atoms with E-state index in [1.165, 1.54) is 5.56 Å². The van der Waals surface area contributed by atoms with Gasteiger partial charge in [-0.15, -0.1) is 0 Å². The number of fused-ring (bicyclic) bond motifs is 1. The minimum atomic E-state index is 0.165. The highest BCUT2D eigenvalue weighted by molar-refractivity contribution is 5.77. The molecule has 0 saturated heterocycles. The fourth-order valence-electron chi connectivity index (χ4n) is 3.45. The summed E-state index contributed by atoms with van der Waals surface area (Å²) in [7, 11) is 7.31. The molecule has 1 N–H and O–H groups in total. The maximum atomic E-state index is 12.6. The van der Waals surface area contributed by atoms with Gasteiger partial charge in [-0.05, 0) is 53.9 Å². The summed E-state index contributed by atoms with van der Waals surface area (Å²) in [6, 6.07) is 12.2. The van der Waals surface area contributed by atoms with Crippen LogP contribution in [-0.2, 0) is 17.8 Å². The standard InChI is InChI=1S/C22H29N3O3/c1-24(2)19-7-5-18(6-8-19)23-11-9-22(26)25-12-10-16-13-20(27-3)21(28-4)14-17(16)15-25/h5-8,13-14,23H,9-12,15H2,1-4H3. The van der Waals surface area contributed by atoms with Crippen LogP contribution in [0, 0.1) is 0 Å². The fourth-order valence-corrected chi connectivity index (χ4v) is 3.45. The Morgan fingerprint density at radius 1 is 1.07 bits per heavy atom. The van der Waals surface area contributed by atoms with E-state index in [0.29, 0.717) is 25.3 Å². The highest BCUT2D eigenvalue weighted by Gasteiger charge is 2.22. The summed E-state index contributed by atoms with van der Waals surface area (Å²) in [5, 5.41) is 3.33. The third-order valence-electron chi connectivity index (χ3n) is 5.12. The molecule has 0 radical (unpaired) electrons. The van der Waals surface area contributed by atoms with Crippen molar-refractivity contribution in [2.24, 2.45) is 0 Å². The average Bonchev–Trinajstić information content (AvgIpc) is 2.72. The second kappa shape index (κ2) is 8.87. The van der Waals surface area contributed by atoms with Gasteiger partial charge in [0.05, 0.1) is 14.2 Å². The lowest BCUT2D eigenvalue weighted by atomic mass is 9.98. The van der Waals surface area contributed by atoms with E-state index in [2.05, 4.69) is 22.3 Å². The van der Waals surface area contributed by atoms with Gasteiger partial charge in [-0.1, -0.05) is 0 Å². The largest absolute Gasteiger partial charge is 0.493 e. The lowest BCUT2D eigenvalue weighted by Crippen LogP contribution is -2.36. The van der Waals surface area contributed by atoms with E-state index >= 15 is 0 Å². The molecule has 3 rings (SSSR count). The Balaban J connectivity index is 1.54. The number of carbonyl (C=O) groups excluding carboxylic acids is 1. The number of benzene rings is 2. The van der Waals surface area contributed by atoms with Gasteiger partial charge in [-0.2, -0.15) is 0 Å². The van der Waals surface area contributed by atoms with E-state index in [0.717, 1.165) is 35.7 Å². The van der Waals surface area contributed by atoms with Gasteiger partial charge in [0, 0.05) is 51.5 Å². The molecule has 2 aromatic rings. The van der Waals surface area contributed by atoms with Crippen LogP contribution in [0.3, 0.4) is 0 Å². The predicted octanol–water partition coefficient (Wildman–Crippen LogP) is 3.16. The monoisotopic (exact) mass is 383 g/mol. The van der Waals surface area contributed by atoms with Crippen molar-refractivity contribution in [1.82, 2.24) is 4.90 Å². The van der Waals surface area contributed by atoms with Crippen LogP contribution in [0.25, 0.3) is 0 Å². The lowest BCUT2D eigenvalue weighted by Gasteiger charge is -2.29. The van der Waals surface area contributed by atoms with Crippen LogP contribution in [0.15, 0.2) is 36.4 Å². The van der Waals surface area contributed by atoms with Gasteiger partial charge in [0.15, 0.2) is 11.5 Å². The zero-order chi connectivity index (χ0) is 20.1. The SMILES string of the molecule is COc1cc2c(cc1OC)CN(C(=O)CCNc1ccc(N(C)C)cc1)CC2. The first-order valence-electron chi connectivity index (χ1n) is 9.54. The first kappa shape index (κ1) is 19.9. The van der Waals surface area contributed by atoms with E-state index in [1.54, 1.807) is 14.2 Å². The van der Waals surface area contributed by atoms with Crippen molar-refractivity contribution >= 4 is 17.3 Å². The number of carbonyl (C=O) groups is 1. The molecule has 0 aromatic heterocycles. The summed E-state index contributed by atoms with van der Waals surface area (Å²) >= 11 is 0. The minimum absolute atomic E-state index is 0.165. The molecular weight excluding hydrogens is 354 g/mol. The molecule has 0 spiro atoms. The summed E-state index contributed by atoms with van der Waals surface area (Å²) in [5.41, 5.74) is 4.53. The van der Waals surface area contributed by atoms with Gasteiger partial charge in [0.1, 0.15) is 0 Å². The number of hydrogen-bond acceptors (Lipinski definition) is 5. The molecule has 1 heterocycles. The topological polar surface area (TPSA) is 54.0 Å². The first-order chi connectivity index (χ1) is 13.5. The van der Waals surface area contributed by atoms with Crippen LogP contribution < -0.4 is 19.7 Å². The third-order valence-corrected chi connectivity index (χ3v) is 5.12. The fraction of sp³-hybridized carbons (Fsp3) is 0.409. The normalized spacial score (nSPS) is 12.9. The van der Waals surface area contributed by atoms with E-state index in [1.807, 2.05) is 43.3 Å². The number of amides is 1. The van der Waals surface area contributed by atoms with E-state index < -0.39 is 0 Å². The van der Waals surface area contributed by atoms with Crippen LogP contribution in [0.4, 0.5) is 11.4 Å². The maximum absolute atomic E-state index is 12.6. The van der Waals surface area contributed by atoms with Crippen molar-refractivity contribution in [1.29, 1.82) is 0 Å². The Bertz CT molecular complexity index is 819. The first-order valence-corrected chi connectivity index (χ1v) is 9.54. The number of anilines is 2. The highest BCUT2D eigenvalue weighted by atomic mass is 16.5. The molecule has 0 bridgehead atoms. The molecule has 0 saturated carbocycles. The molecule has 1 aliphatic rings. The van der Waals surface area contributed by atoms with E-state index in [4.69, 9.17) is 9.47 Å². The van der Waals surface area contributed by atoms with Crippen LogP contribution in [0.5, 0.6) is 11.5 Å². The number of ether oxygens (including phenoxy) is 2. The van der Waals surface area contributed by atoms with Gasteiger partial charge in [0.25, 0.3) is 0 Å². The van der Waals surface area contributed by atoms with Crippen LogP contribution in [-0.4, -0.2) is 52.2 Å². The number of hydrogen-bond donors (Lipinski definition) is 1. The van der Waals surface area contributed by atoms with Gasteiger partial charge in [-0.25, -0.2) is 0 Å². The zero-order valence-corrected chi connectivity index (χ0v) is 17.1. The second-order valence-corrected chi connectivity index (χ2v) is 7.16. The Labute approximate surface area is 167 Å². The summed E-state index contributed by atoms with van der Waals surface area (Å²) in [6.07, 6.45) is 1.30. The summed E-state index contributed by atoms with van der Waals surface area (Å²) in [5.74, 6) is 1.61. The number of rotatable bonds is 7. The molecular formula is C22H29N3O3. The summed E-state index contributed by atoms with van der Waals surface area (Å²) < 4.78 is 10.8. The van der Waals surface area contributed by atoms with E-state index in [9.17, 15) is 4.79 Å². The third kappa shape index (κ3) is 4.50. The quantitative estimate of drug-likeness (QED) is 0.796. The predicted molar refractivity (Wildman–Crippen MR) is 113 cm³/mol. The van der Waals surface area contributed by atoms with Crippen LogP contribution in [0.1, 0.15) is 17.5 Å². The Hall–Kier alpha value is -2.89. The average molecular weight is 383 g/mol. The molecule has 1 aliphatic heterocycles. The second-order valence-electron chi connectivity index (χ2n) is 7.16. The van der Waals surface area contributed by atoms with E-state index in [-0.39, 0.29) is 5.91 Å². The minimum Gasteiger partial charge on any atom is -0.493 e. The van der Waals surface area contributed by atoms with Gasteiger partial charge in [0.2, 0.25) is 5.91 Å². The van der Waals surface area contributed by atoms with Crippen LogP contribution in [0.2, 0.25) is 0 Å². The molecule has 0 aliphatic carbocycles. The molecule has 6 heteroatoms. The van der Waals surface area contributed by atoms with Crippen molar-refractivity contribution in [3.8, 4) is 11.5 Å². The molecule has 150 valence electrons. The molecule has 0 fully saturated rings. The Kier molecular flexibility index (Phi) is 6.29. The zero-order valence-electron chi connectivity index (χ0n) is 17.1. The summed E-state index contributed by atoms with van der Waals surface area (Å²) in [6.45, 7) is 1.97. The number of nitrogens with zero attached hydrogens (tertiary/aromatic N) is 2. The Morgan fingerprint density at radius 2 is 1.71 bits per heavy atom. The molecule has 1 amide bonds. The molecule has 2 aromatic carbocycles. The summed E-state index contributed by atoms with van der Waals surface area (Å²) in [4.78, 5) is 16.6. The number of nitrogens with one attached hydrogen (secondary N) is 1. The van der Waals surface area contributed by atoms with Gasteiger partial charge in [-0.3, -0.25) is 4.79 Å². The van der Waals surface area contributed by atoms with Crippen molar-refractivity contribution in [2.45, 2.75) is 19.4 Å². The van der Waals surface area contributed by atoms with Crippen molar-refractivity contribution in [3.63, 3.8) is 0 Å². The molecule has 0 unspecified atom stereocenters. The molecule has 6 nitrogen and oxygen atoms in total. The van der Waals surface area contributed by atoms with Crippen molar-refractivity contribution < 1.29 is 14.3 Å². The van der Waals surface area contributed by atoms with Gasteiger partial charge >= 0.3 is 0 Å². The van der Waals surface area contributed by atoms with Crippen molar-refractivity contribution in [3.05, 3.63) is 47.5 Å². The lowest BCUT2D eigenvalue weighted by molar-refractivity contribution is -0.131. The Morgan fingerprint density at radius 3 is 2.32 bits per heavy atom. The molecule has 0 atom stereocenters. The highest BCUT2D eigenvalue weighted by Crippen LogP contribution is 2.33.